The highest BCUT2D eigenvalue weighted by Crippen LogP contribution is 2.34. The topological polar surface area (TPSA) is 74.9 Å². The number of carbonyl (C=O) groups excluding carboxylic acids is 1. The largest absolute Gasteiger partial charge is 0.496 e. The molecule has 1 aliphatic heterocycles. The molecule has 1 aromatic heterocycles. The maximum atomic E-state index is 13.6. The number of hydrogen-bond donors (Lipinski definition) is 0. The smallest absolute Gasteiger partial charge is 0.185 e. The van der Waals surface area contributed by atoms with E-state index in [0.717, 1.165) is 5.52 Å². The van der Waals surface area contributed by atoms with Gasteiger partial charge in [-0.15, -0.1) is 0 Å². The van der Waals surface area contributed by atoms with Gasteiger partial charge >= 0.3 is 0 Å². The molecule has 0 saturated heterocycles. The molecule has 1 unspecified atom stereocenters. The number of halogens is 1. The minimum absolute atomic E-state index is 0.220. The predicted molar refractivity (Wildman–Crippen MR) is 106 cm³/mol. The molecule has 0 fully saturated rings. The van der Waals surface area contributed by atoms with Crippen LogP contribution < -0.4 is 14.2 Å². The summed E-state index contributed by atoms with van der Waals surface area (Å²) in [5.41, 5.74) is 1.92. The van der Waals surface area contributed by atoms with Gasteiger partial charge in [-0.25, -0.2) is 9.37 Å². The van der Waals surface area contributed by atoms with Crippen LogP contribution in [0.1, 0.15) is 11.6 Å². The summed E-state index contributed by atoms with van der Waals surface area (Å²) >= 11 is 0. The van der Waals surface area contributed by atoms with E-state index in [-0.39, 0.29) is 11.5 Å². The number of nitrogens with zero attached hydrogens (tertiary/aromatic N) is 3. The third kappa shape index (κ3) is 3.22. The van der Waals surface area contributed by atoms with E-state index < -0.39 is 11.9 Å². The lowest BCUT2D eigenvalue weighted by atomic mass is 10.00. The third-order valence-corrected chi connectivity index (χ3v) is 4.72. The molecule has 4 rings (SSSR count). The first-order chi connectivity index (χ1) is 14.0. The second kappa shape index (κ2) is 7.38. The number of carbonyl (C=O) groups is 1. The number of aromatic nitrogens is 2. The summed E-state index contributed by atoms with van der Waals surface area (Å²) in [4.78, 5) is 21.5. The van der Waals surface area contributed by atoms with Crippen LogP contribution >= 0.6 is 0 Å². The fourth-order valence-corrected chi connectivity index (χ4v) is 3.28. The van der Waals surface area contributed by atoms with E-state index in [2.05, 4.69) is 9.98 Å². The van der Waals surface area contributed by atoms with Crippen LogP contribution in [0.3, 0.4) is 0 Å². The number of ketones is 1. The Morgan fingerprint density at radius 3 is 2.41 bits per heavy atom. The Morgan fingerprint density at radius 2 is 1.69 bits per heavy atom. The summed E-state index contributed by atoms with van der Waals surface area (Å²) in [5.74, 6) is 1.22. The molecule has 1 aliphatic rings. The van der Waals surface area contributed by atoms with Gasteiger partial charge in [-0.05, 0) is 24.3 Å². The van der Waals surface area contributed by atoms with E-state index in [9.17, 15) is 9.18 Å². The molecule has 2 heterocycles. The van der Waals surface area contributed by atoms with Crippen molar-refractivity contribution in [2.45, 2.75) is 6.04 Å². The van der Waals surface area contributed by atoms with E-state index in [0.29, 0.717) is 28.4 Å². The number of hydrogen-bond acceptors (Lipinski definition) is 6. The van der Waals surface area contributed by atoms with Crippen molar-refractivity contribution in [1.29, 1.82) is 0 Å². The van der Waals surface area contributed by atoms with Crippen LogP contribution in [0.2, 0.25) is 0 Å². The van der Waals surface area contributed by atoms with Gasteiger partial charge in [0.25, 0.3) is 0 Å². The molecule has 8 heteroatoms. The second-order valence-electron chi connectivity index (χ2n) is 6.32. The van der Waals surface area contributed by atoms with E-state index in [1.165, 1.54) is 31.4 Å². The molecule has 0 bridgehead atoms. The Bertz CT molecular complexity index is 1170. The maximum Gasteiger partial charge on any atom is 0.185 e. The van der Waals surface area contributed by atoms with Crippen LogP contribution in [0.15, 0.2) is 53.8 Å². The molecule has 2 aromatic carbocycles. The van der Waals surface area contributed by atoms with Crippen molar-refractivity contribution >= 4 is 22.7 Å². The van der Waals surface area contributed by atoms with Gasteiger partial charge in [0.05, 0.1) is 32.4 Å². The van der Waals surface area contributed by atoms with E-state index in [1.807, 2.05) is 0 Å². The molecule has 0 aliphatic carbocycles. The molecule has 29 heavy (non-hydrogen) atoms. The molecular formula is C21H18FN3O4. The Balaban J connectivity index is 1.82. The van der Waals surface area contributed by atoms with Crippen LogP contribution in [0.5, 0.6) is 17.2 Å². The summed E-state index contributed by atoms with van der Waals surface area (Å²) in [5, 5.41) is 0. The quantitative estimate of drug-likeness (QED) is 0.677. The lowest BCUT2D eigenvalue weighted by Crippen LogP contribution is -2.20. The normalized spacial score (nSPS) is 16.1. The molecule has 0 amide bonds. The van der Waals surface area contributed by atoms with E-state index >= 15 is 0 Å². The van der Waals surface area contributed by atoms with Gasteiger partial charge in [0, 0.05) is 23.8 Å². The Labute approximate surface area is 166 Å². The highest BCUT2D eigenvalue weighted by atomic mass is 19.1. The first-order valence-electron chi connectivity index (χ1n) is 8.78. The second-order valence-corrected chi connectivity index (χ2v) is 6.32. The average molecular weight is 395 g/mol. The molecule has 0 N–H and O–H groups in total. The maximum absolute atomic E-state index is 13.6. The van der Waals surface area contributed by atoms with Crippen molar-refractivity contribution in [2.24, 2.45) is 4.99 Å². The lowest BCUT2D eigenvalue weighted by molar-refractivity contribution is -0.115. The Kier molecular flexibility index (Phi) is 4.75. The summed E-state index contributed by atoms with van der Waals surface area (Å²) < 4.78 is 31.2. The first-order valence-corrected chi connectivity index (χ1v) is 8.78. The number of methoxy groups -OCH3 is 3. The van der Waals surface area contributed by atoms with Crippen LogP contribution in [-0.4, -0.2) is 42.5 Å². The fraction of sp³-hybridized carbons (Fsp3) is 0.190. The SMILES string of the molecule is COc1cc2ncn(C3=NC(c4ccc(F)cc4OC)C(=O)C=C3)c2cc1OC. The third-order valence-electron chi connectivity index (χ3n) is 4.72. The van der Waals surface area contributed by atoms with Gasteiger partial charge in [-0.1, -0.05) is 0 Å². The summed E-state index contributed by atoms with van der Waals surface area (Å²) in [6.45, 7) is 0. The first kappa shape index (κ1) is 18.7. The van der Waals surface area contributed by atoms with E-state index in [4.69, 9.17) is 14.2 Å². The number of dihydropyridines is 1. The number of ether oxygens (including phenoxy) is 3. The zero-order chi connectivity index (χ0) is 20.5. The van der Waals surface area contributed by atoms with Gasteiger partial charge in [-0.2, -0.15) is 0 Å². The van der Waals surface area contributed by atoms with Crippen molar-refractivity contribution in [3.8, 4) is 17.2 Å². The number of imidazole rings is 1. The van der Waals surface area contributed by atoms with Crippen molar-refractivity contribution in [1.82, 2.24) is 9.55 Å². The van der Waals surface area contributed by atoms with Crippen molar-refractivity contribution in [3.05, 3.63) is 60.2 Å². The summed E-state index contributed by atoms with van der Waals surface area (Å²) in [6.07, 6.45) is 4.68. The van der Waals surface area contributed by atoms with Gasteiger partial charge in [-0.3, -0.25) is 14.4 Å². The molecule has 0 radical (unpaired) electrons. The van der Waals surface area contributed by atoms with Gasteiger partial charge in [0.2, 0.25) is 0 Å². The van der Waals surface area contributed by atoms with Gasteiger partial charge in [0.15, 0.2) is 17.3 Å². The Hall–Kier alpha value is -3.68. The van der Waals surface area contributed by atoms with Crippen LogP contribution in [-0.2, 0) is 4.79 Å². The predicted octanol–water partition coefficient (Wildman–Crippen LogP) is 3.33. The highest BCUT2D eigenvalue weighted by molar-refractivity contribution is 6.10. The van der Waals surface area contributed by atoms with Crippen molar-refractivity contribution in [3.63, 3.8) is 0 Å². The average Bonchev–Trinajstić information content (AvgIpc) is 3.16. The monoisotopic (exact) mass is 395 g/mol. The van der Waals surface area contributed by atoms with Crippen molar-refractivity contribution in [2.75, 3.05) is 21.3 Å². The minimum atomic E-state index is -0.844. The van der Waals surface area contributed by atoms with Crippen LogP contribution in [0, 0.1) is 5.82 Å². The zero-order valence-corrected chi connectivity index (χ0v) is 16.0. The Morgan fingerprint density at radius 1 is 0.966 bits per heavy atom. The molecule has 3 aromatic rings. The molecule has 0 spiro atoms. The van der Waals surface area contributed by atoms with Gasteiger partial charge in [0.1, 0.15) is 29.8 Å². The van der Waals surface area contributed by atoms with E-state index in [1.54, 1.807) is 43.3 Å². The number of benzene rings is 2. The highest BCUT2D eigenvalue weighted by Gasteiger charge is 2.26. The lowest BCUT2D eigenvalue weighted by Gasteiger charge is -2.19. The summed E-state index contributed by atoms with van der Waals surface area (Å²) in [6, 6.07) is 6.74. The number of aliphatic imine (C=N–C) groups is 1. The molecule has 0 saturated carbocycles. The van der Waals surface area contributed by atoms with Gasteiger partial charge < -0.3 is 14.2 Å². The number of allylic oxidation sites excluding steroid dienone is 1. The van der Waals surface area contributed by atoms with Crippen LogP contribution in [0.4, 0.5) is 4.39 Å². The molecule has 1 atom stereocenters. The van der Waals surface area contributed by atoms with Crippen molar-refractivity contribution < 1.29 is 23.4 Å². The molecular weight excluding hydrogens is 377 g/mol. The minimum Gasteiger partial charge on any atom is -0.496 e. The molecule has 148 valence electrons. The number of fused-ring (bicyclic) bond motifs is 1. The zero-order valence-electron chi connectivity index (χ0n) is 16.0. The number of rotatable bonds is 4. The summed E-state index contributed by atoms with van der Waals surface area (Å²) in [7, 11) is 4.54. The van der Waals surface area contributed by atoms with Crippen LogP contribution in [0.25, 0.3) is 11.0 Å². The fourth-order valence-electron chi connectivity index (χ4n) is 3.28. The standard InChI is InChI=1S/C21H18FN3O4/c1-27-17-8-12(22)4-5-13(17)21-16(26)6-7-20(24-21)25-11-23-14-9-18(28-2)19(29-3)10-15(14)25/h4-11,21H,1-3H3. The molecule has 7 nitrogen and oxygen atoms in total.